The van der Waals surface area contributed by atoms with Gasteiger partial charge in [-0.2, -0.15) is 0 Å². The summed E-state index contributed by atoms with van der Waals surface area (Å²) in [6, 6.07) is 6.49. The Morgan fingerprint density at radius 3 is 2.90 bits per heavy atom. The van der Waals surface area contributed by atoms with E-state index in [1.54, 1.807) is 7.11 Å². The molecule has 30 heavy (non-hydrogen) atoms. The summed E-state index contributed by atoms with van der Waals surface area (Å²) in [6.07, 6.45) is 7.88. The molecule has 0 amide bonds. The molecule has 5 rings (SSSR count). The van der Waals surface area contributed by atoms with Crippen molar-refractivity contribution in [1.82, 2.24) is 9.55 Å². The SMILES string of the molecule is CCc1nccn1Cc1cc([C@H]2OCC[C@@]34C[C@@H](C[C@H]23)C(C)(C)[C@H]4O)ccc1OC. The normalized spacial score (nSPS) is 34.2. The molecule has 1 aromatic carbocycles. The minimum absolute atomic E-state index is 0.0108. The van der Waals surface area contributed by atoms with Crippen molar-refractivity contribution < 1.29 is 14.6 Å². The molecule has 3 aliphatic rings. The van der Waals surface area contributed by atoms with Crippen LogP contribution in [0.3, 0.4) is 0 Å². The highest BCUT2D eigenvalue weighted by molar-refractivity contribution is 5.39. The fourth-order valence-corrected chi connectivity index (χ4v) is 6.83. The topological polar surface area (TPSA) is 56.5 Å². The number of hydrogen-bond donors (Lipinski definition) is 1. The number of imidazole rings is 1. The van der Waals surface area contributed by atoms with Crippen molar-refractivity contribution in [3.05, 3.63) is 47.5 Å². The molecule has 162 valence electrons. The third-order valence-electron chi connectivity index (χ3n) is 8.53. The molecule has 5 heteroatoms. The Labute approximate surface area is 179 Å². The van der Waals surface area contributed by atoms with Gasteiger partial charge in [0.05, 0.1) is 25.9 Å². The van der Waals surface area contributed by atoms with Gasteiger partial charge in [-0.3, -0.25) is 0 Å². The first-order chi connectivity index (χ1) is 14.4. The fraction of sp³-hybridized carbons (Fsp3) is 0.640. The highest BCUT2D eigenvalue weighted by atomic mass is 16.5. The van der Waals surface area contributed by atoms with E-state index in [-0.39, 0.29) is 23.0 Å². The average Bonchev–Trinajstić information content (AvgIpc) is 3.41. The van der Waals surface area contributed by atoms with Crippen LogP contribution in [0.4, 0.5) is 0 Å². The van der Waals surface area contributed by atoms with E-state index in [0.717, 1.165) is 56.0 Å². The van der Waals surface area contributed by atoms with Crippen molar-refractivity contribution >= 4 is 0 Å². The lowest BCUT2D eigenvalue weighted by Crippen LogP contribution is -2.51. The van der Waals surface area contributed by atoms with Gasteiger partial charge in [0, 0.05) is 36.4 Å². The Bertz CT molecular complexity index is 936. The van der Waals surface area contributed by atoms with E-state index < -0.39 is 0 Å². The Hall–Kier alpha value is -1.85. The van der Waals surface area contributed by atoms with Gasteiger partial charge in [0.2, 0.25) is 0 Å². The zero-order valence-corrected chi connectivity index (χ0v) is 18.6. The number of aliphatic hydroxyl groups excluding tert-OH is 1. The van der Waals surface area contributed by atoms with E-state index in [4.69, 9.17) is 9.47 Å². The Balaban J connectivity index is 1.48. The average molecular weight is 411 g/mol. The van der Waals surface area contributed by atoms with Crippen molar-refractivity contribution in [1.29, 1.82) is 0 Å². The maximum absolute atomic E-state index is 11.3. The maximum Gasteiger partial charge on any atom is 0.123 e. The zero-order chi connectivity index (χ0) is 21.1. The molecule has 2 saturated carbocycles. The minimum atomic E-state index is -0.240. The summed E-state index contributed by atoms with van der Waals surface area (Å²) in [5, 5.41) is 11.3. The van der Waals surface area contributed by atoms with Gasteiger partial charge in [-0.15, -0.1) is 0 Å². The van der Waals surface area contributed by atoms with Crippen LogP contribution in [0.2, 0.25) is 0 Å². The lowest BCUT2D eigenvalue weighted by Gasteiger charge is -2.51. The molecule has 2 aromatic rings. The van der Waals surface area contributed by atoms with Gasteiger partial charge in [-0.1, -0.05) is 26.8 Å². The predicted octanol–water partition coefficient (Wildman–Crippen LogP) is 4.38. The van der Waals surface area contributed by atoms with E-state index in [2.05, 4.69) is 48.5 Å². The molecule has 2 bridgehead atoms. The maximum atomic E-state index is 11.3. The molecule has 1 N–H and O–H groups in total. The van der Waals surface area contributed by atoms with E-state index in [1.807, 2.05) is 12.4 Å². The van der Waals surface area contributed by atoms with Gasteiger partial charge < -0.3 is 19.1 Å². The number of nitrogens with zero attached hydrogens (tertiary/aromatic N) is 2. The number of benzene rings is 1. The first kappa shape index (κ1) is 20.1. The van der Waals surface area contributed by atoms with Gasteiger partial charge in [0.15, 0.2) is 0 Å². The van der Waals surface area contributed by atoms with Crippen LogP contribution in [-0.4, -0.2) is 34.5 Å². The second kappa shape index (κ2) is 7.10. The van der Waals surface area contributed by atoms with Crippen LogP contribution in [0.5, 0.6) is 5.75 Å². The molecule has 0 radical (unpaired) electrons. The monoisotopic (exact) mass is 410 g/mol. The second-order valence-corrected chi connectivity index (χ2v) is 10.1. The van der Waals surface area contributed by atoms with Gasteiger partial charge in [0.1, 0.15) is 11.6 Å². The third kappa shape index (κ3) is 2.78. The van der Waals surface area contributed by atoms with Crippen LogP contribution < -0.4 is 4.74 Å². The van der Waals surface area contributed by atoms with Gasteiger partial charge in [-0.25, -0.2) is 4.98 Å². The Kier molecular flexibility index (Phi) is 4.75. The van der Waals surface area contributed by atoms with Gasteiger partial charge in [0.25, 0.3) is 0 Å². The summed E-state index contributed by atoms with van der Waals surface area (Å²) in [5.41, 5.74) is 2.39. The molecule has 1 aliphatic heterocycles. The van der Waals surface area contributed by atoms with Gasteiger partial charge in [-0.05, 0) is 54.2 Å². The molecule has 5 atom stereocenters. The predicted molar refractivity (Wildman–Crippen MR) is 115 cm³/mol. The number of hydrogen-bond acceptors (Lipinski definition) is 4. The first-order valence-electron chi connectivity index (χ1n) is 11.4. The van der Waals surface area contributed by atoms with Crippen LogP contribution in [0, 0.1) is 22.7 Å². The summed E-state index contributed by atoms with van der Waals surface area (Å²) >= 11 is 0. The van der Waals surface area contributed by atoms with Crippen LogP contribution >= 0.6 is 0 Å². The van der Waals surface area contributed by atoms with Crippen LogP contribution in [0.15, 0.2) is 30.6 Å². The zero-order valence-electron chi connectivity index (χ0n) is 18.6. The molecule has 2 heterocycles. The molecule has 0 unspecified atom stereocenters. The number of fused-ring (bicyclic) bond motifs is 1. The van der Waals surface area contributed by atoms with E-state index in [9.17, 15) is 5.11 Å². The summed E-state index contributed by atoms with van der Waals surface area (Å²) in [5.74, 6) is 2.94. The number of aryl methyl sites for hydroxylation is 1. The summed E-state index contributed by atoms with van der Waals surface area (Å²) in [6.45, 7) is 8.09. The number of ether oxygens (including phenoxy) is 2. The molecule has 2 aliphatic carbocycles. The first-order valence-corrected chi connectivity index (χ1v) is 11.4. The second-order valence-electron chi connectivity index (χ2n) is 10.1. The van der Waals surface area contributed by atoms with E-state index in [0.29, 0.717) is 11.8 Å². The van der Waals surface area contributed by atoms with Crippen molar-refractivity contribution in [2.24, 2.45) is 22.7 Å². The number of aromatic nitrogens is 2. The van der Waals surface area contributed by atoms with Crippen LogP contribution in [0.1, 0.15) is 63.1 Å². The largest absolute Gasteiger partial charge is 0.496 e. The van der Waals surface area contributed by atoms with Crippen LogP contribution in [-0.2, 0) is 17.7 Å². The highest BCUT2D eigenvalue weighted by Gasteiger charge is 2.68. The molecular weight excluding hydrogens is 376 g/mol. The highest BCUT2D eigenvalue weighted by Crippen LogP contribution is 2.70. The Morgan fingerprint density at radius 2 is 2.17 bits per heavy atom. The number of aliphatic hydroxyl groups is 1. The summed E-state index contributed by atoms with van der Waals surface area (Å²) in [7, 11) is 1.73. The number of rotatable bonds is 5. The lowest BCUT2D eigenvalue weighted by molar-refractivity contribution is -0.164. The molecule has 5 nitrogen and oxygen atoms in total. The van der Waals surface area contributed by atoms with E-state index >= 15 is 0 Å². The number of methoxy groups -OCH3 is 1. The lowest BCUT2D eigenvalue weighted by atomic mass is 9.60. The Morgan fingerprint density at radius 1 is 1.33 bits per heavy atom. The standard InChI is InChI=1S/C25H34N2O3/c1-5-21-26-9-10-27(21)15-17-12-16(6-7-20(17)29-4)22-19-13-18-14-25(19,8-11-30-22)23(28)24(18,2)3/h6-7,9-10,12,18-19,22-23,28H,5,8,11,13-15H2,1-4H3/t18-,19-,22-,23-,25-/m1/s1. The van der Waals surface area contributed by atoms with Crippen LogP contribution in [0.25, 0.3) is 0 Å². The third-order valence-corrected chi connectivity index (χ3v) is 8.53. The molecule has 1 spiro atoms. The fourth-order valence-electron chi connectivity index (χ4n) is 6.83. The van der Waals surface area contributed by atoms with Crippen molar-refractivity contribution in [2.45, 2.75) is 65.2 Å². The smallest absolute Gasteiger partial charge is 0.123 e. The van der Waals surface area contributed by atoms with Gasteiger partial charge >= 0.3 is 0 Å². The molecule has 1 aromatic heterocycles. The molecule has 1 saturated heterocycles. The molecule has 3 fully saturated rings. The van der Waals surface area contributed by atoms with Crippen molar-refractivity contribution in [3.63, 3.8) is 0 Å². The quantitative estimate of drug-likeness (QED) is 0.795. The van der Waals surface area contributed by atoms with E-state index in [1.165, 1.54) is 5.56 Å². The summed E-state index contributed by atoms with van der Waals surface area (Å²) < 4.78 is 14.2. The van der Waals surface area contributed by atoms with Crippen molar-refractivity contribution in [2.75, 3.05) is 13.7 Å². The summed E-state index contributed by atoms with van der Waals surface area (Å²) in [4.78, 5) is 4.46. The van der Waals surface area contributed by atoms with Crippen molar-refractivity contribution in [3.8, 4) is 5.75 Å². The molecular formula is C25H34N2O3. The minimum Gasteiger partial charge on any atom is -0.496 e.